The van der Waals surface area contributed by atoms with Crippen molar-refractivity contribution in [3.05, 3.63) is 92.6 Å². The zero-order valence-electron chi connectivity index (χ0n) is 41.8. The number of amides is 4. The van der Waals surface area contributed by atoms with Crippen LogP contribution in [-0.2, 0) is 28.8 Å². The fourth-order valence-electron chi connectivity index (χ4n) is 8.94. The van der Waals surface area contributed by atoms with Crippen LogP contribution in [0.2, 0.25) is 0 Å². The van der Waals surface area contributed by atoms with Crippen LogP contribution < -0.4 is 20.3 Å². The van der Waals surface area contributed by atoms with E-state index in [2.05, 4.69) is 38.7 Å². The molecule has 378 valence electrons. The summed E-state index contributed by atoms with van der Waals surface area (Å²) in [5.41, 5.74) is 4.66. The molecule has 2 atom stereocenters. The van der Waals surface area contributed by atoms with Gasteiger partial charge in [0.25, 0.3) is 11.8 Å². The van der Waals surface area contributed by atoms with E-state index in [1.165, 1.54) is 25.2 Å². The van der Waals surface area contributed by atoms with Crippen molar-refractivity contribution in [3.63, 3.8) is 0 Å². The molecular weight excluding hydrogens is 915 g/mol. The highest BCUT2D eigenvalue weighted by atomic mass is 32.1. The van der Waals surface area contributed by atoms with Gasteiger partial charge in [-0.2, -0.15) is 0 Å². The van der Waals surface area contributed by atoms with Gasteiger partial charge in [0.1, 0.15) is 11.8 Å². The van der Waals surface area contributed by atoms with E-state index in [0.29, 0.717) is 72.6 Å². The summed E-state index contributed by atoms with van der Waals surface area (Å²) in [6.07, 6.45) is 15.4. The average Bonchev–Trinajstić information content (AvgIpc) is 4.12. The van der Waals surface area contributed by atoms with Crippen molar-refractivity contribution in [1.29, 1.82) is 0 Å². The lowest BCUT2D eigenvalue weighted by atomic mass is 9.88. The Bertz CT molecular complexity index is 2440. The van der Waals surface area contributed by atoms with Crippen LogP contribution in [0.4, 0.5) is 8.63 Å². The highest BCUT2D eigenvalue weighted by molar-refractivity contribution is 7.12. The highest BCUT2D eigenvalue weighted by Crippen LogP contribution is 2.40. The van der Waals surface area contributed by atoms with Crippen molar-refractivity contribution in [2.24, 2.45) is 0 Å². The molecule has 2 unspecified atom stereocenters. The van der Waals surface area contributed by atoms with Gasteiger partial charge in [0.05, 0.1) is 65.9 Å². The number of hydrogen-bond acceptors (Lipinski definition) is 8. The third-order valence-electron chi connectivity index (χ3n) is 12.8. The smallest absolute Gasteiger partial charge is 0.494 e. The SMILES string of the molecule is CCCCC1=CC(c2cccs2)=[N+]2C1=Cc1c(C)cc(/C=C/c3ccc(OCCCC(=O)NC(CCCC[N+](C)(C)C)C(=O)NCC[NH+](C)CCCCCC(=O)ON4C(=O)CCC4=O)cc3)n1[B-]2(F)F. The first-order chi connectivity index (χ1) is 33.4. The van der Waals surface area contributed by atoms with Crippen molar-refractivity contribution in [1.82, 2.24) is 20.2 Å². The Morgan fingerprint density at radius 2 is 1.70 bits per heavy atom. The molecule has 0 bridgehead atoms. The fraction of sp³-hybridized carbons (Fsp3) is 0.500. The number of rotatable bonds is 28. The van der Waals surface area contributed by atoms with E-state index in [-0.39, 0.29) is 37.5 Å². The number of allylic oxidation sites excluding steroid dienone is 2. The monoisotopic (exact) mass is 988 g/mol. The van der Waals surface area contributed by atoms with Gasteiger partial charge in [-0.3, -0.25) is 19.2 Å². The van der Waals surface area contributed by atoms with E-state index < -0.39 is 30.8 Å². The third kappa shape index (κ3) is 14.7. The molecule has 1 aromatic carbocycles. The van der Waals surface area contributed by atoms with Gasteiger partial charge in [-0.1, -0.05) is 37.6 Å². The summed E-state index contributed by atoms with van der Waals surface area (Å²) < 4.78 is 43.0. The van der Waals surface area contributed by atoms with E-state index in [9.17, 15) is 24.0 Å². The average molecular weight is 988 g/mol. The number of benzene rings is 1. The van der Waals surface area contributed by atoms with Crippen LogP contribution in [0.3, 0.4) is 0 Å². The molecule has 1 fully saturated rings. The Morgan fingerprint density at radius 1 is 0.943 bits per heavy atom. The number of hydrogen-bond donors (Lipinski definition) is 3. The van der Waals surface area contributed by atoms with E-state index in [0.717, 1.165) is 84.1 Å². The minimum absolute atomic E-state index is 0.0636. The number of likely N-dealkylation sites (N-methyl/N-ethyl adjacent to an activating group) is 1. The maximum absolute atomic E-state index is 16.9. The number of aryl methyl sites for hydroxylation is 1. The van der Waals surface area contributed by atoms with Crippen molar-refractivity contribution < 1.29 is 56.0 Å². The minimum Gasteiger partial charge on any atom is -0.494 e. The maximum atomic E-state index is 16.9. The predicted octanol–water partition coefficient (Wildman–Crippen LogP) is 6.56. The van der Waals surface area contributed by atoms with Gasteiger partial charge in [0, 0.05) is 54.8 Å². The van der Waals surface area contributed by atoms with Crippen LogP contribution in [0.5, 0.6) is 5.75 Å². The number of carbonyl (C=O) groups excluding carboxylic acids is 5. The number of imide groups is 1. The summed E-state index contributed by atoms with van der Waals surface area (Å²) >= 11 is 1.47. The summed E-state index contributed by atoms with van der Waals surface area (Å²) in [5, 5.41) is 8.47. The number of ether oxygens (including phenoxy) is 1. The molecule has 0 radical (unpaired) electrons. The third-order valence-corrected chi connectivity index (χ3v) is 13.7. The first kappa shape index (κ1) is 53.6. The standard InChI is InChI=1S/C52H70BF2N7O7S/c1-7-8-16-40-36-46(47-18-15-34-70-47)60-45(40)37-44-38(2)35-41(59(44)53(60,54)55)24-21-39-22-25-42(26-23-39)68-33-14-19-48(63)57-43(17-11-13-32-62(4,5)6)52(67)56-29-31-58(3)30-12-9-10-20-51(66)69-61-49(64)27-28-50(61)65/h15,18,21-26,34-37,43H,7-14,16-17,19-20,27-33H2,1-6H3,(H-,56,57,63,67)/p+2/b24-21+. The molecule has 0 spiro atoms. The van der Waals surface area contributed by atoms with Gasteiger partial charge >= 0.3 is 12.9 Å². The lowest BCUT2D eigenvalue weighted by molar-refractivity contribution is -0.878. The number of unbranched alkanes of at least 4 members (excludes halogenated alkanes) is 4. The molecule has 5 heterocycles. The van der Waals surface area contributed by atoms with Gasteiger partial charge in [-0.05, 0) is 112 Å². The Morgan fingerprint density at radius 3 is 2.40 bits per heavy atom. The highest BCUT2D eigenvalue weighted by Gasteiger charge is 2.54. The number of carbonyl (C=O) groups is 5. The van der Waals surface area contributed by atoms with Crippen LogP contribution in [-0.4, -0.2) is 128 Å². The Balaban J connectivity index is 0.942. The van der Waals surface area contributed by atoms with Crippen LogP contribution in [0, 0.1) is 6.92 Å². The molecule has 6 rings (SSSR count). The number of fused-ring (bicyclic) bond motifs is 2. The number of halogens is 2. The van der Waals surface area contributed by atoms with Crippen LogP contribution in [0.15, 0.2) is 65.2 Å². The summed E-state index contributed by atoms with van der Waals surface area (Å²) in [4.78, 5) is 68.8. The maximum Gasteiger partial charge on any atom is 0.737 e. The molecule has 18 heteroatoms. The number of thiophene rings is 1. The zero-order valence-corrected chi connectivity index (χ0v) is 42.6. The second kappa shape index (κ2) is 24.9. The van der Waals surface area contributed by atoms with Gasteiger partial charge in [-0.25, -0.2) is 4.79 Å². The van der Waals surface area contributed by atoms with E-state index in [1.807, 2.05) is 80.0 Å². The number of quaternary nitrogens is 2. The number of hydroxylamine groups is 2. The molecule has 14 nitrogen and oxygen atoms in total. The summed E-state index contributed by atoms with van der Waals surface area (Å²) in [7, 11) is 8.41. The van der Waals surface area contributed by atoms with Crippen molar-refractivity contribution >= 4 is 71.8 Å². The normalized spacial score (nSPS) is 16.3. The predicted molar refractivity (Wildman–Crippen MR) is 271 cm³/mol. The van der Waals surface area contributed by atoms with Crippen LogP contribution >= 0.6 is 11.3 Å². The molecule has 3 aliphatic rings. The number of aromatic nitrogens is 1. The second-order valence-electron chi connectivity index (χ2n) is 19.7. The van der Waals surface area contributed by atoms with Gasteiger partial charge in [0.15, 0.2) is 11.4 Å². The topological polar surface area (TPSA) is 143 Å². The van der Waals surface area contributed by atoms with Gasteiger partial charge in [-0.15, -0.1) is 16.4 Å². The molecule has 4 amide bonds. The van der Waals surface area contributed by atoms with E-state index in [4.69, 9.17) is 9.57 Å². The quantitative estimate of drug-likeness (QED) is 0.0324. The molecule has 70 heavy (non-hydrogen) atoms. The lowest BCUT2D eigenvalue weighted by Gasteiger charge is -2.31. The Hall–Kier alpha value is -5.72. The van der Waals surface area contributed by atoms with Crippen molar-refractivity contribution in [3.8, 4) is 5.75 Å². The molecule has 3 N–H and O–H groups in total. The van der Waals surface area contributed by atoms with Crippen LogP contribution in [0.1, 0.15) is 124 Å². The molecule has 0 saturated carbocycles. The summed E-state index contributed by atoms with van der Waals surface area (Å²) in [5.74, 6) is -1.38. The molecule has 3 aliphatic heterocycles. The first-order valence-corrected chi connectivity index (χ1v) is 25.9. The first-order valence-electron chi connectivity index (χ1n) is 25.0. The molecule has 2 aromatic heterocycles. The van der Waals surface area contributed by atoms with Gasteiger partial charge < -0.3 is 47.2 Å². The summed E-state index contributed by atoms with van der Waals surface area (Å²) in [6.45, 7) is 3.00. The number of nitrogens with zero attached hydrogens (tertiary/aromatic N) is 4. The fourth-order valence-corrected chi connectivity index (χ4v) is 9.68. The van der Waals surface area contributed by atoms with Gasteiger partial charge in [0.2, 0.25) is 11.8 Å². The van der Waals surface area contributed by atoms with E-state index >= 15 is 8.63 Å². The lowest BCUT2D eigenvalue weighted by Crippen LogP contribution is -3.09. The summed E-state index contributed by atoms with van der Waals surface area (Å²) in [6, 6.07) is 12.3. The Kier molecular flexibility index (Phi) is 19.1. The Labute approximate surface area is 415 Å². The molecule has 3 aromatic rings. The van der Waals surface area contributed by atoms with E-state index in [1.54, 1.807) is 6.08 Å². The van der Waals surface area contributed by atoms with Crippen molar-refractivity contribution in [2.75, 3.05) is 61.0 Å². The number of nitrogens with one attached hydrogen (secondary N) is 3. The zero-order chi connectivity index (χ0) is 50.4. The molecule has 0 aliphatic carbocycles. The second-order valence-corrected chi connectivity index (χ2v) is 20.7. The van der Waals surface area contributed by atoms with Crippen LogP contribution in [0.25, 0.3) is 18.2 Å². The molecular formula is C52H72BF2N7O7S+2. The largest absolute Gasteiger partial charge is 0.737 e. The van der Waals surface area contributed by atoms with Crippen molar-refractivity contribution in [2.45, 2.75) is 110 Å². The molecule has 1 saturated heterocycles. The minimum atomic E-state index is -4.19.